The first-order valence-corrected chi connectivity index (χ1v) is 10.1. The molecule has 5 nitrogen and oxygen atoms in total. The van der Waals surface area contributed by atoms with Gasteiger partial charge in [-0.1, -0.05) is 11.6 Å². The van der Waals surface area contributed by atoms with Crippen molar-refractivity contribution in [2.45, 2.75) is 40.2 Å². The van der Waals surface area contributed by atoms with Crippen molar-refractivity contribution in [2.75, 3.05) is 26.2 Å². The molecule has 1 atom stereocenters. The van der Waals surface area contributed by atoms with Gasteiger partial charge in [0.25, 0.3) is 0 Å². The molecule has 6 heteroatoms. The highest BCUT2D eigenvalue weighted by Gasteiger charge is 2.29. The topological polar surface area (TPSA) is 49.6 Å². The second-order valence-electron chi connectivity index (χ2n) is 7.11. The number of amides is 1. The molecule has 146 valence electrons. The van der Waals surface area contributed by atoms with Gasteiger partial charge in [0.1, 0.15) is 5.76 Å². The first-order valence-electron chi connectivity index (χ1n) is 9.75. The second-order valence-corrected chi connectivity index (χ2v) is 7.55. The van der Waals surface area contributed by atoms with Crippen molar-refractivity contribution < 1.29 is 9.21 Å². The maximum absolute atomic E-state index is 12.7. The van der Waals surface area contributed by atoms with Crippen LogP contribution in [0.1, 0.15) is 38.1 Å². The molecule has 0 N–H and O–H groups in total. The minimum atomic E-state index is 0.0848. The van der Waals surface area contributed by atoms with Gasteiger partial charge in [-0.15, -0.1) is 0 Å². The summed E-state index contributed by atoms with van der Waals surface area (Å²) in [6.07, 6.45) is 2.01. The quantitative estimate of drug-likeness (QED) is 0.735. The van der Waals surface area contributed by atoms with Gasteiger partial charge >= 0.3 is 0 Å². The van der Waals surface area contributed by atoms with Gasteiger partial charge in [0.05, 0.1) is 11.6 Å². The minimum Gasteiger partial charge on any atom is -0.441 e. The summed E-state index contributed by atoms with van der Waals surface area (Å²) in [7, 11) is 0. The zero-order valence-corrected chi connectivity index (χ0v) is 17.1. The number of aryl methyl sites for hydroxylation is 1. The highest BCUT2D eigenvalue weighted by molar-refractivity contribution is 6.30. The predicted octanol–water partition coefficient (Wildman–Crippen LogP) is 4.38. The zero-order chi connectivity index (χ0) is 19.4. The molecule has 1 unspecified atom stereocenters. The van der Waals surface area contributed by atoms with Crippen molar-refractivity contribution in [3.8, 4) is 11.5 Å². The van der Waals surface area contributed by atoms with Crippen LogP contribution in [0, 0.1) is 12.8 Å². The van der Waals surface area contributed by atoms with E-state index in [0.29, 0.717) is 17.5 Å². The molecule has 1 saturated heterocycles. The van der Waals surface area contributed by atoms with Crippen LogP contribution in [-0.2, 0) is 11.3 Å². The van der Waals surface area contributed by atoms with Gasteiger partial charge in [0.15, 0.2) is 0 Å². The molecule has 1 aromatic carbocycles. The number of piperidine rings is 1. The summed E-state index contributed by atoms with van der Waals surface area (Å²) < 4.78 is 5.87. The van der Waals surface area contributed by atoms with Crippen LogP contribution < -0.4 is 0 Å². The number of likely N-dealkylation sites (tertiary alicyclic amines) is 1. The first kappa shape index (κ1) is 19.9. The van der Waals surface area contributed by atoms with E-state index in [1.165, 1.54) is 0 Å². The third kappa shape index (κ3) is 4.71. The van der Waals surface area contributed by atoms with Crippen LogP contribution in [0.5, 0.6) is 0 Å². The summed E-state index contributed by atoms with van der Waals surface area (Å²) in [4.78, 5) is 21.7. The number of carbonyl (C=O) groups is 1. The fourth-order valence-electron chi connectivity index (χ4n) is 3.70. The molecule has 27 heavy (non-hydrogen) atoms. The van der Waals surface area contributed by atoms with Crippen molar-refractivity contribution in [1.82, 2.24) is 14.8 Å². The van der Waals surface area contributed by atoms with Crippen molar-refractivity contribution in [1.29, 1.82) is 0 Å². The number of hydrogen-bond donors (Lipinski definition) is 0. The lowest BCUT2D eigenvalue weighted by Crippen LogP contribution is -2.44. The van der Waals surface area contributed by atoms with Gasteiger partial charge in [-0.05, 0) is 64.4 Å². The van der Waals surface area contributed by atoms with Crippen molar-refractivity contribution in [2.24, 2.45) is 5.92 Å². The smallest absolute Gasteiger partial charge is 0.226 e. The van der Waals surface area contributed by atoms with Crippen LogP contribution in [0.15, 0.2) is 28.7 Å². The fraction of sp³-hybridized carbons (Fsp3) is 0.524. The second kappa shape index (κ2) is 8.89. The van der Waals surface area contributed by atoms with Crippen LogP contribution in [0.4, 0.5) is 0 Å². The number of rotatable bonds is 6. The molecule has 2 heterocycles. The number of halogens is 1. The van der Waals surface area contributed by atoms with Gasteiger partial charge < -0.3 is 9.32 Å². The molecule has 1 fully saturated rings. The summed E-state index contributed by atoms with van der Waals surface area (Å²) in [5.74, 6) is 1.81. The average Bonchev–Trinajstić information content (AvgIpc) is 3.04. The average molecular weight is 390 g/mol. The summed E-state index contributed by atoms with van der Waals surface area (Å²) in [5.41, 5.74) is 1.86. The van der Waals surface area contributed by atoms with E-state index in [0.717, 1.165) is 56.0 Å². The van der Waals surface area contributed by atoms with E-state index in [4.69, 9.17) is 21.0 Å². The lowest BCUT2D eigenvalue weighted by atomic mass is 9.96. The Labute approximate surface area is 166 Å². The summed E-state index contributed by atoms with van der Waals surface area (Å²) in [6.45, 7) is 10.1. The number of aromatic nitrogens is 1. The standard InChI is InChI=1S/C21H28ClN3O2/c1-4-25(5-2)21(26)17-7-6-12-24(13-17)14-19-15(3)27-20(23-19)16-8-10-18(22)11-9-16/h8-11,17H,4-7,12-14H2,1-3H3. The Morgan fingerprint density at radius 3 is 2.67 bits per heavy atom. The molecule has 1 aliphatic heterocycles. The van der Waals surface area contributed by atoms with E-state index in [-0.39, 0.29) is 11.8 Å². The Bertz CT molecular complexity index is 768. The Morgan fingerprint density at radius 1 is 1.30 bits per heavy atom. The van der Waals surface area contributed by atoms with Crippen molar-refractivity contribution in [3.63, 3.8) is 0 Å². The summed E-state index contributed by atoms with van der Waals surface area (Å²) in [5, 5.41) is 0.694. The van der Waals surface area contributed by atoms with Crippen LogP contribution in [0.3, 0.4) is 0 Å². The third-order valence-electron chi connectivity index (χ3n) is 5.29. The third-order valence-corrected chi connectivity index (χ3v) is 5.54. The van der Waals surface area contributed by atoms with E-state index >= 15 is 0 Å². The fourth-order valence-corrected chi connectivity index (χ4v) is 3.82. The van der Waals surface area contributed by atoms with E-state index in [1.54, 1.807) is 0 Å². The van der Waals surface area contributed by atoms with E-state index in [2.05, 4.69) is 4.90 Å². The molecular formula is C21H28ClN3O2. The van der Waals surface area contributed by atoms with Crippen LogP contribution >= 0.6 is 11.6 Å². The summed E-state index contributed by atoms with van der Waals surface area (Å²) >= 11 is 5.96. The first-order chi connectivity index (χ1) is 13.0. The van der Waals surface area contributed by atoms with Crippen LogP contribution in [-0.4, -0.2) is 46.9 Å². The predicted molar refractivity (Wildman–Crippen MR) is 108 cm³/mol. The van der Waals surface area contributed by atoms with Crippen molar-refractivity contribution in [3.05, 3.63) is 40.7 Å². The highest BCUT2D eigenvalue weighted by Crippen LogP contribution is 2.26. The number of carbonyl (C=O) groups excluding carboxylic acids is 1. The van der Waals surface area contributed by atoms with Crippen LogP contribution in [0.2, 0.25) is 5.02 Å². The normalized spacial score (nSPS) is 17.9. The lowest BCUT2D eigenvalue weighted by molar-refractivity contribution is -0.137. The monoisotopic (exact) mass is 389 g/mol. The molecule has 1 aromatic heterocycles. The van der Waals surface area contributed by atoms with Crippen molar-refractivity contribution >= 4 is 17.5 Å². The maximum Gasteiger partial charge on any atom is 0.226 e. The van der Waals surface area contributed by atoms with E-state index < -0.39 is 0 Å². The molecule has 1 amide bonds. The Hall–Kier alpha value is -1.85. The molecule has 0 saturated carbocycles. The van der Waals surface area contributed by atoms with Gasteiger partial charge in [-0.25, -0.2) is 4.98 Å². The van der Waals surface area contributed by atoms with Gasteiger partial charge in [-0.2, -0.15) is 0 Å². The number of hydrogen-bond acceptors (Lipinski definition) is 4. The molecule has 2 aromatic rings. The number of nitrogens with zero attached hydrogens (tertiary/aromatic N) is 3. The number of oxazole rings is 1. The molecule has 0 spiro atoms. The molecule has 0 bridgehead atoms. The molecular weight excluding hydrogens is 362 g/mol. The molecule has 0 aliphatic carbocycles. The molecule has 1 aliphatic rings. The molecule has 0 radical (unpaired) electrons. The Morgan fingerprint density at radius 2 is 2.00 bits per heavy atom. The summed E-state index contributed by atoms with van der Waals surface area (Å²) in [6, 6.07) is 7.50. The largest absolute Gasteiger partial charge is 0.441 e. The van der Waals surface area contributed by atoms with Crippen LogP contribution in [0.25, 0.3) is 11.5 Å². The number of benzene rings is 1. The van der Waals surface area contributed by atoms with Gasteiger partial charge in [0, 0.05) is 36.8 Å². The molecule has 3 rings (SSSR count). The SMILES string of the molecule is CCN(CC)C(=O)C1CCCN(Cc2nc(-c3ccc(Cl)cc3)oc2C)C1. The maximum atomic E-state index is 12.7. The van der Waals surface area contributed by atoms with E-state index in [1.807, 2.05) is 49.9 Å². The van der Waals surface area contributed by atoms with E-state index in [9.17, 15) is 4.79 Å². The zero-order valence-electron chi connectivity index (χ0n) is 16.4. The highest BCUT2D eigenvalue weighted by atomic mass is 35.5. The van der Waals surface area contributed by atoms with Gasteiger partial charge in [-0.3, -0.25) is 9.69 Å². The lowest BCUT2D eigenvalue weighted by Gasteiger charge is -2.34. The Balaban J connectivity index is 1.68. The minimum absolute atomic E-state index is 0.0848. The Kier molecular flexibility index (Phi) is 6.55. The van der Waals surface area contributed by atoms with Gasteiger partial charge in [0.2, 0.25) is 11.8 Å².